The van der Waals surface area contributed by atoms with Gasteiger partial charge in [-0.2, -0.15) is 0 Å². The van der Waals surface area contributed by atoms with Crippen LogP contribution >= 0.6 is 15.9 Å². The SMILES string of the molecule is OCc1ccc(CCOc2cccc(Br)c2)cc1. The highest BCUT2D eigenvalue weighted by Gasteiger charge is 1.97. The average Bonchev–Trinajstić information content (AvgIpc) is 2.40. The maximum atomic E-state index is 8.95. The van der Waals surface area contributed by atoms with E-state index >= 15 is 0 Å². The molecular weight excluding hydrogens is 292 g/mol. The number of hydrogen-bond acceptors (Lipinski definition) is 2. The van der Waals surface area contributed by atoms with Crippen molar-refractivity contribution in [3.63, 3.8) is 0 Å². The molecule has 0 fully saturated rings. The van der Waals surface area contributed by atoms with Crippen molar-refractivity contribution in [1.82, 2.24) is 0 Å². The molecule has 1 N–H and O–H groups in total. The summed E-state index contributed by atoms with van der Waals surface area (Å²) in [4.78, 5) is 0. The van der Waals surface area contributed by atoms with Gasteiger partial charge >= 0.3 is 0 Å². The number of halogens is 1. The quantitative estimate of drug-likeness (QED) is 0.915. The summed E-state index contributed by atoms with van der Waals surface area (Å²) in [5, 5.41) is 8.95. The van der Waals surface area contributed by atoms with E-state index in [-0.39, 0.29) is 6.61 Å². The van der Waals surface area contributed by atoms with Gasteiger partial charge in [0.15, 0.2) is 0 Å². The Morgan fingerprint density at radius 3 is 2.39 bits per heavy atom. The molecule has 0 aliphatic heterocycles. The molecule has 0 spiro atoms. The maximum Gasteiger partial charge on any atom is 0.120 e. The van der Waals surface area contributed by atoms with Crippen LogP contribution in [0.15, 0.2) is 53.0 Å². The second-order valence-electron chi connectivity index (χ2n) is 4.03. The van der Waals surface area contributed by atoms with Crippen LogP contribution in [0.2, 0.25) is 0 Å². The molecule has 0 bridgehead atoms. The Balaban J connectivity index is 1.84. The van der Waals surface area contributed by atoms with Gasteiger partial charge in [0.25, 0.3) is 0 Å². The van der Waals surface area contributed by atoms with Crippen LogP contribution in [0.3, 0.4) is 0 Å². The second kappa shape index (κ2) is 6.57. The monoisotopic (exact) mass is 306 g/mol. The van der Waals surface area contributed by atoms with E-state index in [1.54, 1.807) is 0 Å². The van der Waals surface area contributed by atoms with Gasteiger partial charge in [-0.05, 0) is 29.3 Å². The molecule has 0 heterocycles. The Kier molecular flexibility index (Phi) is 4.79. The first-order valence-corrected chi connectivity index (χ1v) is 6.64. The maximum absolute atomic E-state index is 8.95. The summed E-state index contributed by atoms with van der Waals surface area (Å²) >= 11 is 3.41. The van der Waals surface area contributed by atoms with Crippen molar-refractivity contribution in [3.05, 3.63) is 64.1 Å². The molecule has 0 saturated carbocycles. The highest BCUT2D eigenvalue weighted by atomic mass is 79.9. The molecule has 94 valence electrons. The lowest BCUT2D eigenvalue weighted by atomic mass is 10.1. The number of benzene rings is 2. The highest BCUT2D eigenvalue weighted by molar-refractivity contribution is 9.10. The van der Waals surface area contributed by atoms with Crippen LogP contribution in [-0.4, -0.2) is 11.7 Å². The number of rotatable bonds is 5. The fraction of sp³-hybridized carbons (Fsp3) is 0.200. The lowest BCUT2D eigenvalue weighted by molar-refractivity contribution is 0.282. The summed E-state index contributed by atoms with van der Waals surface area (Å²) in [7, 11) is 0. The summed E-state index contributed by atoms with van der Waals surface area (Å²) in [5.41, 5.74) is 2.15. The van der Waals surface area contributed by atoms with E-state index in [4.69, 9.17) is 9.84 Å². The van der Waals surface area contributed by atoms with Crippen LogP contribution in [0, 0.1) is 0 Å². The molecule has 0 aromatic heterocycles. The van der Waals surface area contributed by atoms with Gasteiger partial charge in [0.1, 0.15) is 5.75 Å². The van der Waals surface area contributed by atoms with Gasteiger partial charge in [-0.15, -0.1) is 0 Å². The minimum atomic E-state index is 0.0921. The van der Waals surface area contributed by atoms with Crippen molar-refractivity contribution in [2.24, 2.45) is 0 Å². The van der Waals surface area contributed by atoms with Crippen molar-refractivity contribution in [2.75, 3.05) is 6.61 Å². The third kappa shape index (κ3) is 3.86. The molecule has 0 saturated heterocycles. The molecule has 0 aliphatic carbocycles. The average molecular weight is 307 g/mol. The van der Waals surface area contributed by atoms with Crippen molar-refractivity contribution >= 4 is 15.9 Å². The third-order valence-electron chi connectivity index (χ3n) is 2.66. The lowest BCUT2D eigenvalue weighted by Gasteiger charge is -2.07. The smallest absolute Gasteiger partial charge is 0.120 e. The summed E-state index contributed by atoms with van der Waals surface area (Å²) in [6.45, 7) is 0.740. The van der Waals surface area contributed by atoms with Crippen molar-refractivity contribution in [1.29, 1.82) is 0 Å². The molecule has 2 nitrogen and oxygen atoms in total. The first kappa shape index (κ1) is 13.1. The minimum Gasteiger partial charge on any atom is -0.493 e. The van der Waals surface area contributed by atoms with Gasteiger partial charge < -0.3 is 9.84 Å². The Labute approximate surface area is 115 Å². The lowest BCUT2D eigenvalue weighted by Crippen LogP contribution is -2.01. The van der Waals surface area contributed by atoms with E-state index in [2.05, 4.69) is 15.9 Å². The molecule has 18 heavy (non-hydrogen) atoms. The summed E-state index contributed by atoms with van der Waals surface area (Å²) < 4.78 is 6.69. The molecule has 0 radical (unpaired) electrons. The Hall–Kier alpha value is -1.32. The fourth-order valence-corrected chi connectivity index (χ4v) is 2.03. The van der Waals surface area contributed by atoms with E-state index in [0.29, 0.717) is 6.61 Å². The molecule has 2 rings (SSSR count). The largest absolute Gasteiger partial charge is 0.493 e. The molecule has 3 heteroatoms. The van der Waals surface area contributed by atoms with Crippen LogP contribution in [0.4, 0.5) is 0 Å². The van der Waals surface area contributed by atoms with Crippen molar-refractivity contribution < 1.29 is 9.84 Å². The number of hydrogen-bond donors (Lipinski definition) is 1. The topological polar surface area (TPSA) is 29.5 Å². The van der Waals surface area contributed by atoms with Crippen molar-refractivity contribution in [3.8, 4) is 5.75 Å². The first-order chi connectivity index (χ1) is 8.78. The zero-order valence-corrected chi connectivity index (χ0v) is 11.6. The van der Waals surface area contributed by atoms with Crippen LogP contribution in [0.25, 0.3) is 0 Å². The molecule has 0 aliphatic rings. The summed E-state index contributed by atoms with van der Waals surface area (Å²) in [6, 6.07) is 15.7. The van der Waals surface area contributed by atoms with E-state index in [1.807, 2.05) is 48.5 Å². The van der Waals surface area contributed by atoms with Gasteiger partial charge in [-0.25, -0.2) is 0 Å². The molecule has 0 amide bonds. The van der Waals surface area contributed by atoms with E-state index in [9.17, 15) is 0 Å². The molecular formula is C15H15BrO2. The van der Waals surface area contributed by atoms with E-state index in [1.165, 1.54) is 5.56 Å². The van der Waals surface area contributed by atoms with Gasteiger partial charge in [0.05, 0.1) is 13.2 Å². The molecule has 2 aromatic rings. The number of ether oxygens (including phenoxy) is 1. The van der Waals surface area contributed by atoms with Gasteiger partial charge in [0, 0.05) is 10.9 Å². The highest BCUT2D eigenvalue weighted by Crippen LogP contribution is 2.18. The minimum absolute atomic E-state index is 0.0921. The predicted molar refractivity (Wildman–Crippen MR) is 75.7 cm³/mol. The predicted octanol–water partition coefficient (Wildman–Crippen LogP) is 3.56. The summed E-state index contributed by atoms with van der Waals surface area (Å²) in [5.74, 6) is 0.872. The van der Waals surface area contributed by atoms with Crippen LogP contribution < -0.4 is 4.74 Å². The fourth-order valence-electron chi connectivity index (χ4n) is 1.65. The Morgan fingerprint density at radius 1 is 1.00 bits per heavy atom. The van der Waals surface area contributed by atoms with Gasteiger partial charge in [-0.3, -0.25) is 0 Å². The van der Waals surface area contributed by atoms with Crippen LogP contribution in [0.1, 0.15) is 11.1 Å². The third-order valence-corrected chi connectivity index (χ3v) is 3.15. The number of aliphatic hydroxyl groups excluding tert-OH is 1. The first-order valence-electron chi connectivity index (χ1n) is 5.85. The van der Waals surface area contributed by atoms with E-state index < -0.39 is 0 Å². The zero-order valence-electron chi connectivity index (χ0n) is 9.97. The molecule has 2 aromatic carbocycles. The molecule has 0 atom stereocenters. The van der Waals surface area contributed by atoms with Gasteiger partial charge in [-0.1, -0.05) is 46.3 Å². The number of aliphatic hydroxyl groups is 1. The van der Waals surface area contributed by atoms with Crippen molar-refractivity contribution in [2.45, 2.75) is 13.0 Å². The van der Waals surface area contributed by atoms with E-state index in [0.717, 1.165) is 22.2 Å². The molecule has 0 unspecified atom stereocenters. The second-order valence-corrected chi connectivity index (χ2v) is 4.95. The zero-order chi connectivity index (χ0) is 12.8. The van der Waals surface area contributed by atoms with Gasteiger partial charge in [0.2, 0.25) is 0 Å². The van der Waals surface area contributed by atoms with Crippen LogP contribution in [-0.2, 0) is 13.0 Å². The standard InChI is InChI=1S/C15H15BrO2/c16-14-2-1-3-15(10-14)18-9-8-12-4-6-13(11-17)7-5-12/h1-7,10,17H,8-9,11H2. The van der Waals surface area contributed by atoms with Crippen LogP contribution in [0.5, 0.6) is 5.75 Å². The summed E-state index contributed by atoms with van der Waals surface area (Å²) in [6.07, 6.45) is 0.859. The Morgan fingerprint density at radius 2 is 1.72 bits per heavy atom. The normalized spacial score (nSPS) is 10.3. The Bertz CT molecular complexity index is 494.